The van der Waals surface area contributed by atoms with Gasteiger partial charge in [-0.25, -0.2) is 0 Å². The molecule has 1 N–H and O–H groups in total. The molecule has 70 valence electrons. The summed E-state index contributed by atoms with van der Waals surface area (Å²) in [6.07, 6.45) is 5.26. The van der Waals surface area contributed by atoms with E-state index >= 15 is 0 Å². The molecule has 0 aliphatic heterocycles. The first-order chi connectivity index (χ1) is 5.91. The van der Waals surface area contributed by atoms with Gasteiger partial charge in [0.05, 0.1) is 17.5 Å². The maximum atomic E-state index is 11.2. The summed E-state index contributed by atoms with van der Waals surface area (Å²) in [5.74, 6) is 2.20. The topological polar surface area (TPSA) is 52.9 Å². The van der Waals surface area contributed by atoms with E-state index in [0.29, 0.717) is 0 Å². The Kier molecular flexibility index (Phi) is 4.01. The van der Waals surface area contributed by atoms with Crippen molar-refractivity contribution in [2.45, 2.75) is 33.2 Å². The minimum atomic E-state index is -0.627. The average molecular weight is 178 g/mol. The zero-order valence-corrected chi connectivity index (χ0v) is 8.22. The molecule has 13 heavy (non-hydrogen) atoms. The van der Waals surface area contributed by atoms with Crippen LogP contribution in [0.4, 0.5) is 0 Å². The molecule has 3 heteroatoms. The molecule has 0 saturated carbocycles. The van der Waals surface area contributed by atoms with Crippen molar-refractivity contribution in [2.75, 3.05) is 0 Å². The van der Waals surface area contributed by atoms with Crippen molar-refractivity contribution in [1.29, 1.82) is 5.26 Å². The molecule has 0 bridgehead atoms. The molecule has 1 atom stereocenters. The predicted octanol–water partition coefficient (Wildman–Crippen LogP) is 1.06. The Bertz CT molecular complexity index is 268. The van der Waals surface area contributed by atoms with Gasteiger partial charge in [0, 0.05) is 6.42 Å². The lowest BCUT2D eigenvalue weighted by Gasteiger charge is -2.15. The number of nitrogens with one attached hydrogen (secondary N) is 1. The molecule has 0 aromatic carbocycles. The summed E-state index contributed by atoms with van der Waals surface area (Å²) in [5, 5.41) is 11.3. The molecular weight excluding hydrogens is 164 g/mol. The second kappa shape index (κ2) is 4.52. The van der Waals surface area contributed by atoms with E-state index in [2.05, 4.69) is 17.3 Å². The van der Waals surface area contributed by atoms with Gasteiger partial charge in [0.15, 0.2) is 0 Å². The zero-order valence-electron chi connectivity index (χ0n) is 8.22. The fourth-order valence-corrected chi connectivity index (χ4v) is 0.775. The third-order valence-corrected chi connectivity index (χ3v) is 1.53. The van der Waals surface area contributed by atoms with Crippen LogP contribution in [-0.4, -0.2) is 11.9 Å². The number of rotatable bonds is 3. The molecule has 1 amide bonds. The van der Waals surface area contributed by atoms with Crippen molar-refractivity contribution in [2.24, 2.45) is 5.41 Å². The van der Waals surface area contributed by atoms with Gasteiger partial charge in [-0.2, -0.15) is 5.26 Å². The van der Waals surface area contributed by atoms with E-state index in [1.54, 1.807) is 20.8 Å². The Morgan fingerprint density at radius 3 is 2.62 bits per heavy atom. The molecule has 0 radical (unpaired) electrons. The van der Waals surface area contributed by atoms with Crippen molar-refractivity contribution in [3.63, 3.8) is 0 Å². The van der Waals surface area contributed by atoms with E-state index < -0.39 is 5.41 Å². The molecule has 0 aromatic rings. The van der Waals surface area contributed by atoms with Crippen LogP contribution in [0.25, 0.3) is 0 Å². The number of terminal acetylenes is 1. The molecular formula is C10H14N2O. The van der Waals surface area contributed by atoms with Gasteiger partial charge in [0.25, 0.3) is 0 Å². The quantitative estimate of drug-likeness (QED) is 0.657. The fourth-order valence-electron chi connectivity index (χ4n) is 0.775. The van der Waals surface area contributed by atoms with Gasteiger partial charge >= 0.3 is 0 Å². The first-order valence-electron chi connectivity index (χ1n) is 4.08. The molecule has 0 saturated heterocycles. The van der Waals surface area contributed by atoms with E-state index in [9.17, 15) is 4.79 Å². The van der Waals surface area contributed by atoms with E-state index in [0.717, 1.165) is 0 Å². The Morgan fingerprint density at radius 1 is 1.69 bits per heavy atom. The summed E-state index contributed by atoms with van der Waals surface area (Å²) < 4.78 is 0. The van der Waals surface area contributed by atoms with Crippen LogP contribution < -0.4 is 5.32 Å². The van der Waals surface area contributed by atoms with E-state index in [1.807, 2.05) is 0 Å². The molecule has 0 fully saturated rings. The highest BCUT2D eigenvalue weighted by atomic mass is 16.1. The summed E-state index contributed by atoms with van der Waals surface area (Å²) in [5.41, 5.74) is -0.627. The van der Waals surface area contributed by atoms with Crippen LogP contribution in [0.3, 0.4) is 0 Å². The van der Waals surface area contributed by atoms with Gasteiger partial charge in [-0.05, 0) is 20.8 Å². The summed E-state index contributed by atoms with van der Waals surface area (Å²) >= 11 is 0. The minimum Gasteiger partial charge on any atom is -0.343 e. The van der Waals surface area contributed by atoms with Crippen molar-refractivity contribution in [3.05, 3.63) is 0 Å². The van der Waals surface area contributed by atoms with Crippen molar-refractivity contribution in [1.82, 2.24) is 5.32 Å². The number of carbonyl (C=O) groups excluding carboxylic acids is 1. The Hall–Kier alpha value is -1.48. The fraction of sp³-hybridized carbons (Fsp3) is 0.600. The van der Waals surface area contributed by atoms with Crippen LogP contribution >= 0.6 is 0 Å². The zero-order chi connectivity index (χ0) is 10.5. The number of hydrogen-bond acceptors (Lipinski definition) is 2. The second-order valence-electron chi connectivity index (χ2n) is 3.63. The second-order valence-corrected chi connectivity index (χ2v) is 3.63. The molecule has 0 aliphatic rings. The highest BCUT2D eigenvalue weighted by molar-refractivity contribution is 5.77. The highest BCUT2D eigenvalue weighted by Crippen LogP contribution is 2.17. The van der Waals surface area contributed by atoms with Crippen LogP contribution in [0.5, 0.6) is 0 Å². The van der Waals surface area contributed by atoms with Gasteiger partial charge in [0.2, 0.25) is 5.91 Å². The largest absolute Gasteiger partial charge is 0.343 e. The number of carbonyl (C=O) groups is 1. The third kappa shape index (κ3) is 4.87. The summed E-state index contributed by atoms with van der Waals surface area (Å²) in [6, 6.07) is 1.78. The van der Waals surface area contributed by atoms with Crippen molar-refractivity contribution < 1.29 is 4.79 Å². The normalized spacial score (nSPS) is 12.4. The van der Waals surface area contributed by atoms with Crippen LogP contribution in [0, 0.1) is 29.1 Å². The van der Waals surface area contributed by atoms with Gasteiger partial charge in [0.1, 0.15) is 0 Å². The monoisotopic (exact) mass is 178 g/mol. The first kappa shape index (κ1) is 11.5. The van der Waals surface area contributed by atoms with E-state index in [-0.39, 0.29) is 18.4 Å². The molecule has 3 nitrogen and oxygen atoms in total. The van der Waals surface area contributed by atoms with E-state index in [4.69, 9.17) is 11.7 Å². The first-order valence-corrected chi connectivity index (χ1v) is 4.08. The Balaban J connectivity index is 4.06. The van der Waals surface area contributed by atoms with Gasteiger partial charge in [-0.1, -0.05) is 5.92 Å². The Morgan fingerprint density at radius 2 is 2.23 bits per heavy atom. The van der Waals surface area contributed by atoms with Crippen molar-refractivity contribution in [3.8, 4) is 18.4 Å². The predicted molar refractivity (Wildman–Crippen MR) is 50.4 cm³/mol. The lowest BCUT2D eigenvalue weighted by Crippen LogP contribution is -2.34. The molecule has 0 rings (SSSR count). The number of hydrogen-bond donors (Lipinski definition) is 1. The SMILES string of the molecule is C#CC(C)NC(=O)CC(C)(C)C#N. The lowest BCUT2D eigenvalue weighted by atomic mass is 9.91. The van der Waals surface area contributed by atoms with Gasteiger partial charge < -0.3 is 5.32 Å². The van der Waals surface area contributed by atoms with Crippen LogP contribution in [0.15, 0.2) is 0 Å². The number of nitrogens with zero attached hydrogens (tertiary/aromatic N) is 1. The van der Waals surface area contributed by atoms with Crippen molar-refractivity contribution >= 4 is 5.91 Å². The summed E-state index contributed by atoms with van der Waals surface area (Å²) in [4.78, 5) is 11.2. The van der Waals surface area contributed by atoms with Crippen LogP contribution in [0.2, 0.25) is 0 Å². The van der Waals surface area contributed by atoms with Crippen LogP contribution in [0.1, 0.15) is 27.2 Å². The molecule has 0 heterocycles. The van der Waals surface area contributed by atoms with E-state index in [1.165, 1.54) is 0 Å². The number of amides is 1. The maximum Gasteiger partial charge on any atom is 0.222 e. The molecule has 1 unspecified atom stereocenters. The standard InChI is InChI=1S/C10H14N2O/c1-5-8(2)12-9(13)6-10(3,4)7-11/h1,8H,6H2,2-4H3,(H,12,13). The van der Waals surface area contributed by atoms with Gasteiger partial charge in [-0.3, -0.25) is 4.79 Å². The maximum absolute atomic E-state index is 11.2. The summed E-state index contributed by atoms with van der Waals surface area (Å²) in [6.45, 7) is 5.15. The third-order valence-electron chi connectivity index (χ3n) is 1.53. The smallest absolute Gasteiger partial charge is 0.222 e. The molecule has 0 aliphatic carbocycles. The molecule has 0 aromatic heterocycles. The Labute approximate surface area is 79.1 Å². The lowest BCUT2D eigenvalue weighted by molar-refractivity contribution is -0.122. The van der Waals surface area contributed by atoms with Crippen LogP contribution in [-0.2, 0) is 4.79 Å². The summed E-state index contributed by atoms with van der Waals surface area (Å²) in [7, 11) is 0. The molecule has 0 spiro atoms. The number of nitriles is 1. The highest BCUT2D eigenvalue weighted by Gasteiger charge is 2.21. The van der Waals surface area contributed by atoms with Gasteiger partial charge in [-0.15, -0.1) is 6.42 Å². The average Bonchev–Trinajstić information content (AvgIpc) is 2.03. The minimum absolute atomic E-state index is 0.176.